The summed E-state index contributed by atoms with van der Waals surface area (Å²) >= 11 is 5.21. The molecule has 0 radical (unpaired) electrons. The number of halogens is 3. The minimum atomic E-state index is -4.29. The summed E-state index contributed by atoms with van der Waals surface area (Å²) < 4.78 is 41.3. The van der Waals surface area contributed by atoms with E-state index in [-0.39, 0.29) is 25.6 Å². The molecule has 0 aliphatic carbocycles. The Morgan fingerprint density at radius 3 is 2.52 bits per heavy atom. The second kappa shape index (κ2) is 7.91. The van der Waals surface area contributed by atoms with Crippen molar-refractivity contribution in [3.8, 4) is 0 Å². The van der Waals surface area contributed by atoms with E-state index in [1.807, 2.05) is 13.8 Å². The first-order chi connectivity index (χ1) is 10.5. The monoisotopic (exact) mass is 353 g/mol. The number of carbonyl (C=O) groups excluding carboxylic acids is 1. The fraction of sp³-hybridized carbons (Fsp3) is 0.769. The Morgan fingerprint density at radius 1 is 1.43 bits per heavy atom. The molecule has 0 saturated heterocycles. The molecule has 1 aromatic rings. The first-order valence-electron chi connectivity index (χ1n) is 7.19. The van der Waals surface area contributed by atoms with E-state index in [2.05, 4.69) is 5.10 Å². The molecular weight excluding hydrogens is 331 g/mol. The van der Waals surface area contributed by atoms with Gasteiger partial charge in [0.25, 0.3) is 0 Å². The smallest absolute Gasteiger partial charge is 0.370 e. The molecule has 0 aliphatic heterocycles. The van der Waals surface area contributed by atoms with E-state index in [9.17, 15) is 18.0 Å². The number of nitrogens with zero attached hydrogens (tertiary/aromatic N) is 4. The van der Waals surface area contributed by atoms with Gasteiger partial charge in [0.05, 0.1) is 13.2 Å². The third-order valence-electron chi connectivity index (χ3n) is 3.09. The van der Waals surface area contributed by atoms with E-state index >= 15 is 0 Å². The summed E-state index contributed by atoms with van der Waals surface area (Å²) in [4.78, 5) is 12.1. The molecule has 10 heteroatoms. The van der Waals surface area contributed by atoms with Gasteiger partial charge in [0.15, 0.2) is 4.77 Å². The third kappa shape index (κ3) is 6.69. The number of rotatable bonds is 8. The molecule has 1 amide bonds. The maximum Gasteiger partial charge on any atom is 0.401 e. The molecule has 1 rings (SSSR count). The summed E-state index contributed by atoms with van der Waals surface area (Å²) in [5, 5.41) is 4.22. The Hall–Kier alpha value is -1.42. The zero-order valence-electron chi connectivity index (χ0n) is 13.4. The number of hydrogen-bond acceptors (Lipinski definition) is 4. The minimum absolute atomic E-state index is 0.0546. The normalized spacial score (nSPS) is 12.3. The van der Waals surface area contributed by atoms with Crippen LogP contribution < -0.4 is 5.73 Å². The van der Waals surface area contributed by atoms with E-state index < -0.39 is 18.6 Å². The van der Waals surface area contributed by atoms with Crippen molar-refractivity contribution in [3.05, 3.63) is 10.6 Å². The van der Waals surface area contributed by atoms with Gasteiger partial charge in [0.1, 0.15) is 5.82 Å². The summed E-state index contributed by atoms with van der Waals surface area (Å²) in [6.45, 7) is 2.88. The Balaban J connectivity index is 2.93. The summed E-state index contributed by atoms with van der Waals surface area (Å²) in [6, 6.07) is 0. The number of aryl methyl sites for hydroxylation is 1. The van der Waals surface area contributed by atoms with Gasteiger partial charge in [-0.05, 0) is 18.1 Å². The molecule has 0 unspecified atom stereocenters. The lowest BCUT2D eigenvalue weighted by atomic mass is 10.2. The van der Waals surface area contributed by atoms with Crippen molar-refractivity contribution in [1.29, 1.82) is 0 Å². The van der Waals surface area contributed by atoms with E-state index in [1.54, 1.807) is 11.6 Å². The lowest BCUT2D eigenvalue weighted by molar-refractivity contribution is -0.151. The van der Waals surface area contributed by atoms with Crippen molar-refractivity contribution >= 4 is 18.1 Å². The molecule has 0 saturated carbocycles. The molecule has 0 fully saturated rings. The topological polar surface area (TPSA) is 69.1 Å². The molecule has 132 valence electrons. The Bertz CT molecular complexity index is 593. The summed E-state index contributed by atoms with van der Waals surface area (Å²) in [6.07, 6.45) is -3.88. The lowest BCUT2D eigenvalue weighted by Gasteiger charge is -2.24. The van der Waals surface area contributed by atoms with Gasteiger partial charge in [-0.2, -0.15) is 18.3 Å². The highest BCUT2D eigenvalue weighted by atomic mass is 32.1. The molecule has 0 spiro atoms. The van der Waals surface area contributed by atoms with Crippen LogP contribution in [-0.2, 0) is 24.9 Å². The van der Waals surface area contributed by atoms with E-state index in [0.29, 0.717) is 17.0 Å². The quantitative estimate of drug-likeness (QED) is 0.724. The van der Waals surface area contributed by atoms with Crippen molar-refractivity contribution in [2.45, 2.75) is 39.5 Å². The SMILES string of the molecule is CC(C)CN(Cn1nc(CCC(N)=O)n(C)c1=S)CC(F)(F)F. The fourth-order valence-corrected chi connectivity index (χ4v) is 2.41. The van der Waals surface area contributed by atoms with Gasteiger partial charge in [-0.25, -0.2) is 4.68 Å². The maximum absolute atomic E-state index is 12.7. The second-order valence-corrected chi connectivity index (χ2v) is 6.25. The minimum Gasteiger partial charge on any atom is -0.370 e. The van der Waals surface area contributed by atoms with Crippen LogP contribution in [-0.4, -0.2) is 44.4 Å². The van der Waals surface area contributed by atoms with Gasteiger partial charge in [0, 0.05) is 26.4 Å². The number of nitrogens with two attached hydrogens (primary N) is 1. The Kier molecular flexibility index (Phi) is 6.75. The number of hydrogen-bond donors (Lipinski definition) is 1. The fourth-order valence-electron chi connectivity index (χ4n) is 2.21. The largest absolute Gasteiger partial charge is 0.401 e. The number of primary amides is 1. The molecule has 6 nitrogen and oxygen atoms in total. The van der Waals surface area contributed by atoms with Crippen LogP contribution in [0.25, 0.3) is 0 Å². The zero-order valence-corrected chi connectivity index (χ0v) is 14.2. The summed E-state index contributed by atoms with van der Waals surface area (Å²) in [7, 11) is 1.67. The molecule has 0 atom stereocenters. The van der Waals surface area contributed by atoms with Gasteiger partial charge in [-0.1, -0.05) is 13.8 Å². The number of amides is 1. The zero-order chi connectivity index (χ0) is 17.8. The molecule has 1 aromatic heterocycles. The molecule has 0 aromatic carbocycles. The van der Waals surface area contributed by atoms with Crippen LogP contribution in [0.3, 0.4) is 0 Å². The van der Waals surface area contributed by atoms with Gasteiger partial charge >= 0.3 is 6.18 Å². The highest BCUT2D eigenvalue weighted by molar-refractivity contribution is 7.71. The first kappa shape index (κ1) is 19.6. The van der Waals surface area contributed by atoms with Crippen molar-refractivity contribution in [2.24, 2.45) is 18.7 Å². The van der Waals surface area contributed by atoms with Crippen molar-refractivity contribution < 1.29 is 18.0 Å². The van der Waals surface area contributed by atoms with Gasteiger partial charge in [-0.15, -0.1) is 0 Å². The maximum atomic E-state index is 12.7. The highest BCUT2D eigenvalue weighted by Gasteiger charge is 2.31. The van der Waals surface area contributed by atoms with E-state index in [0.717, 1.165) is 0 Å². The van der Waals surface area contributed by atoms with Crippen LogP contribution >= 0.6 is 12.2 Å². The first-order valence-corrected chi connectivity index (χ1v) is 7.60. The second-order valence-electron chi connectivity index (χ2n) is 5.89. The molecule has 2 N–H and O–H groups in total. The van der Waals surface area contributed by atoms with Crippen LogP contribution in [0.2, 0.25) is 0 Å². The van der Waals surface area contributed by atoms with Crippen molar-refractivity contribution in [2.75, 3.05) is 13.1 Å². The Morgan fingerprint density at radius 2 is 2.04 bits per heavy atom. The number of aromatic nitrogens is 3. The number of alkyl halides is 3. The van der Waals surface area contributed by atoms with Crippen molar-refractivity contribution in [3.63, 3.8) is 0 Å². The summed E-state index contributed by atoms with van der Waals surface area (Å²) in [5.41, 5.74) is 5.10. The molecule has 0 aliphatic rings. The predicted molar refractivity (Wildman–Crippen MR) is 82.0 cm³/mol. The molecule has 23 heavy (non-hydrogen) atoms. The average molecular weight is 353 g/mol. The number of carbonyl (C=O) groups is 1. The molecule has 1 heterocycles. The van der Waals surface area contributed by atoms with Crippen LogP contribution in [0.4, 0.5) is 13.2 Å². The lowest BCUT2D eigenvalue weighted by Crippen LogP contribution is -2.38. The van der Waals surface area contributed by atoms with Crippen LogP contribution in [0, 0.1) is 10.7 Å². The van der Waals surface area contributed by atoms with Gasteiger partial charge in [0.2, 0.25) is 5.91 Å². The highest BCUT2D eigenvalue weighted by Crippen LogP contribution is 2.18. The van der Waals surface area contributed by atoms with Crippen molar-refractivity contribution in [1.82, 2.24) is 19.2 Å². The van der Waals surface area contributed by atoms with Crippen LogP contribution in [0.1, 0.15) is 26.1 Å². The van der Waals surface area contributed by atoms with E-state index in [1.165, 1.54) is 9.58 Å². The average Bonchev–Trinajstić information content (AvgIpc) is 2.61. The Labute approximate surface area is 138 Å². The van der Waals surface area contributed by atoms with Crippen LogP contribution in [0.5, 0.6) is 0 Å². The van der Waals surface area contributed by atoms with Gasteiger partial charge in [-0.3, -0.25) is 9.69 Å². The van der Waals surface area contributed by atoms with Gasteiger partial charge < -0.3 is 10.3 Å². The van der Waals surface area contributed by atoms with E-state index in [4.69, 9.17) is 18.0 Å². The predicted octanol–water partition coefficient (Wildman–Crippen LogP) is 1.85. The molecule has 0 bridgehead atoms. The summed E-state index contributed by atoms with van der Waals surface area (Å²) in [5.74, 6) is 0.124. The third-order valence-corrected chi connectivity index (χ3v) is 3.57. The van der Waals surface area contributed by atoms with Crippen LogP contribution in [0.15, 0.2) is 0 Å². The standard InChI is InChI=1S/C13H22F3N5OS/c1-9(2)6-20(7-13(14,15)16)8-21-12(23)19(3)11(18-21)5-4-10(17)22/h9H,4-8H2,1-3H3,(H2,17,22). The molecular formula is C13H22F3N5OS.